The molecule has 1 fully saturated rings. The average molecular weight is 617 g/mol. The molecule has 232 valence electrons. The number of sulfonamides is 1. The molecule has 1 amide bonds. The standard InChI is InChI=1S/C33H48N2O5S2/c1-4-5-22-42(39,40)35(20-18-26-13-7-6-8-14-26)24-27-15-11-17-29(30(23-27)28-16-10-9-12-25(28)2)32(36)34-31(33(37)38)19-21-41-3/h9-12,16-17,23,26,31H,4-8,13-15,18-22,24H2,1-3H3,(H,34,36)(H,37,38). The first kappa shape index (κ1) is 34.1. The third-order valence-electron chi connectivity index (χ3n) is 8.24. The van der Waals surface area contributed by atoms with Crippen LogP contribution >= 0.6 is 11.8 Å². The minimum atomic E-state index is -3.45. The summed E-state index contributed by atoms with van der Waals surface area (Å²) in [6.45, 7) is 4.76. The van der Waals surface area contributed by atoms with Crippen LogP contribution in [0.2, 0.25) is 0 Å². The van der Waals surface area contributed by atoms with E-state index in [1.807, 2.05) is 56.5 Å². The summed E-state index contributed by atoms with van der Waals surface area (Å²) < 4.78 is 28.7. The second kappa shape index (κ2) is 17.1. The third-order valence-corrected chi connectivity index (χ3v) is 10.8. The van der Waals surface area contributed by atoms with Crippen molar-refractivity contribution in [1.29, 1.82) is 0 Å². The Balaban J connectivity index is 1.98. The SMILES string of the molecule is CCCCS(=O)(=O)N(CCC1CCCCC1)CC1=CC(c2ccccc2C)=C(C(=O)NC(CCSC)C(=O)O)C=CC1. The van der Waals surface area contributed by atoms with Crippen molar-refractivity contribution < 1.29 is 23.1 Å². The van der Waals surface area contributed by atoms with Gasteiger partial charge in [-0.15, -0.1) is 0 Å². The fourth-order valence-electron chi connectivity index (χ4n) is 5.70. The molecule has 1 saturated carbocycles. The second-order valence-electron chi connectivity index (χ2n) is 11.5. The maximum Gasteiger partial charge on any atom is 0.326 e. The Labute approximate surface area is 257 Å². The molecular weight excluding hydrogens is 569 g/mol. The summed E-state index contributed by atoms with van der Waals surface area (Å²) in [7, 11) is -3.45. The zero-order chi connectivity index (χ0) is 30.5. The molecule has 0 aromatic heterocycles. The van der Waals surface area contributed by atoms with Crippen molar-refractivity contribution in [2.24, 2.45) is 5.92 Å². The molecule has 42 heavy (non-hydrogen) atoms. The molecule has 1 unspecified atom stereocenters. The summed E-state index contributed by atoms with van der Waals surface area (Å²) in [4.78, 5) is 25.5. The van der Waals surface area contributed by atoms with Crippen molar-refractivity contribution in [1.82, 2.24) is 9.62 Å². The first-order valence-electron chi connectivity index (χ1n) is 15.3. The lowest BCUT2D eigenvalue weighted by molar-refractivity contribution is -0.141. The lowest BCUT2D eigenvalue weighted by Crippen LogP contribution is -2.41. The number of hydrogen-bond acceptors (Lipinski definition) is 5. The molecule has 1 atom stereocenters. The first-order chi connectivity index (χ1) is 20.2. The van der Waals surface area contributed by atoms with Gasteiger partial charge in [-0.1, -0.05) is 93.5 Å². The smallest absolute Gasteiger partial charge is 0.326 e. The minimum absolute atomic E-state index is 0.137. The quantitative estimate of drug-likeness (QED) is 0.224. The van der Waals surface area contributed by atoms with Gasteiger partial charge in [0.2, 0.25) is 10.0 Å². The fraction of sp³-hybridized carbons (Fsp3) is 0.576. The van der Waals surface area contributed by atoms with Crippen molar-refractivity contribution in [3.63, 3.8) is 0 Å². The van der Waals surface area contributed by atoms with Crippen molar-refractivity contribution >= 4 is 39.2 Å². The molecule has 0 saturated heterocycles. The van der Waals surface area contributed by atoms with Gasteiger partial charge in [0.1, 0.15) is 6.04 Å². The number of carboxylic acids is 1. The summed E-state index contributed by atoms with van der Waals surface area (Å²) in [5.74, 6) is -0.186. The zero-order valence-corrected chi connectivity index (χ0v) is 27.1. The molecule has 0 aliphatic heterocycles. The van der Waals surface area contributed by atoms with Gasteiger partial charge < -0.3 is 10.4 Å². The van der Waals surface area contributed by atoms with Crippen LogP contribution in [-0.4, -0.2) is 66.6 Å². The average Bonchev–Trinajstić information content (AvgIpc) is 3.19. The highest BCUT2D eigenvalue weighted by Crippen LogP contribution is 2.31. The molecule has 1 aromatic carbocycles. The Bertz CT molecular complexity index is 1260. The summed E-state index contributed by atoms with van der Waals surface area (Å²) in [6, 6.07) is 6.79. The normalized spacial score (nSPS) is 17.2. The number of benzene rings is 1. The minimum Gasteiger partial charge on any atom is -0.480 e. The number of carboxylic acid groups (broad SMARTS) is 1. The van der Waals surface area contributed by atoms with Crippen molar-refractivity contribution in [2.75, 3.05) is 30.9 Å². The van der Waals surface area contributed by atoms with E-state index in [-0.39, 0.29) is 12.3 Å². The zero-order valence-electron chi connectivity index (χ0n) is 25.4. The van der Waals surface area contributed by atoms with Crippen LogP contribution in [0.4, 0.5) is 0 Å². The highest BCUT2D eigenvalue weighted by molar-refractivity contribution is 7.98. The Morgan fingerprint density at radius 2 is 1.90 bits per heavy atom. The lowest BCUT2D eigenvalue weighted by Gasteiger charge is -2.27. The number of hydrogen-bond donors (Lipinski definition) is 2. The summed E-state index contributed by atoms with van der Waals surface area (Å²) >= 11 is 1.53. The summed E-state index contributed by atoms with van der Waals surface area (Å²) in [5.41, 5.74) is 3.82. The van der Waals surface area contributed by atoms with Crippen molar-refractivity contribution in [3.8, 4) is 0 Å². The molecule has 2 aliphatic rings. The topological polar surface area (TPSA) is 104 Å². The van der Waals surface area contributed by atoms with Gasteiger partial charge in [-0.3, -0.25) is 4.79 Å². The maximum atomic E-state index is 13.6. The number of allylic oxidation sites excluding steroid dienone is 3. The molecular formula is C33H48N2O5S2. The monoisotopic (exact) mass is 616 g/mol. The molecule has 7 nitrogen and oxygen atoms in total. The van der Waals surface area contributed by atoms with Gasteiger partial charge >= 0.3 is 5.97 Å². The summed E-state index contributed by atoms with van der Waals surface area (Å²) in [5, 5.41) is 12.5. The van der Waals surface area contributed by atoms with Crippen LogP contribution in [0.1, 0.15) is 82.3 Å². The van der Waals surface area contributed by atoms with Crippen molar-refractivity contribution in [2.45, 2.75) is 84.1 Å². The van der Waals surface area contributed by atoms with Gasteiger partial charge in [0.25, 0.3) is 5.91 Å². The first-order valence-corrected chi connectivity index (χ1v) is 18.3. The molecule has 2 N–H and O–H groups in total. The van der Waals surface area contributed by atoms with Crippen LogP contribution in [0.15, 0.2) is 53.6 Å². The number of thioether (sulfide) groups is 1. The number of carbonyl (C=O) groups excluding carboxylic acids is 1. The van der Waals surface area contributed by atoms with E-state index in [9.17, 15) is 23.1 Å². The van der Waals surface area contributed by atoms with Gasteiger partial charge in [0.15, 0.2) is 0 Å². The third kappa shape index (κ3) is 10.1. The van der Waals surface area contributed by atoms with Crippen LogP contribution in [0.25, 0.3) is 5.57 Å². The molecule has 0 radical (unpaired) electrons. The van der Waals surface area contributed by atoms with E-state index in [0.717, 1.165) is 29.5 Å². The maximum absolute atomic E-state index is 13.6. The Morgan fingerprint density at radius 3 is 2.57 bits per heavy atom. The molecule has 3 rings (SSSR count). The van der Waals surface area contributed by atoms with Crippen LogP contribution in [0.3, 0.4) is 0 Å². The van der Waals surface area contributed by atoms with Gasteiger partial charge in [-0.25, -0.2) is 13.2 Å². The van der Waals surface area contributed by atoms with Gasteiger partial charge in [-0.05, 0) is 67.2 Å². The van der Waals surface area contributed by atoms with Crippen LogP contribution in [0, 0.1) is 12.8 Å². The molecule has 1 aromatic rings. The fourth-order valence-corrected chi connectivity index (χ4v) is 7.82. The molecule has 2 aliphatic carbocycles. The molecule has 9 heteroatoms. The van der Waals surface area contributed by atoms with E-state index >= 15 is 0 Å². The number of aliphatic carboxylic acids is 1. The Kier molecular flexibility index (Phi) is 13.9. The lowest BCUT2D eigenvalue weighted by atomic mass is 9.87. The van der Waals surface area contributed by atoms with Crippen LogP contribution < -0.4 is 5.32 Å². The van der Waals surface area contributed by atoms with Crippen LogP contribution in [-0.2, 0) is 19.6 Å². The van der Waals surface area contributed by atoms with E-state index in [4.69, 9.17) is 0 Å². The highest BCUT2D eigenvalue weighted by Gasteiger charge is 2.27. The second-order valence-corrected chi connectivity index (χ2v) is 14.6. The number of nitrogens with zero attached hydrogens (tertiary/aromatic N) is 1. The number of unbranched alkanes of at least 4 members (excludes halogenated alkanes) is 1. The van der Waals surface area contributed by atoms with Crippen LogP contribution in [0.5, 0.6) is 0 Å². The number of carbonyl (C=O) groups is 2. The van der Waals surface area contributed by atoms with E-state index in [0.29, 0.717) is 48.6 Å². The van der Waals surface area contributed by atoms with Crippen molar-refractivity contribution in [3.05, 3.63) is 64.8 Å². The predicted octanol–water partition coefficient (Wildman–Crippen LogP) is 6.36. The van der Waals surface area contributed by atoms with Gasteiger partial charge in [0, 0.05) is 18.7 Å². The van der Waals surface area contributed by atoms with E-state index in [1.165, 1.54) is 43.9 Å². The van der Waals surface area contributed by atoms with Gasteiger partial charge in [0.05, 0.1) is 5.75 Å². The molecule has 0 heterocycles. The predicted molar refractivity (Wildman–Crippen MR) is 174 cm³/mol. The highest BCUT2D eigenvalue weighted by atomic mass is 32.2. The van der Waals surface area contributed by atoms with E-state index in [1.54, 1.807) is 10.4 Å². The molecule has 0 bridgehead atoms. The number of rotatable bonds is 16. The number of nitrogens with one attached hydrogen (secondary N) is 1. The van der Waals surface area contributed by atoms with E-state index < -0.39 is 27.9 Å². The Morgan fingerprint density at radius 1 is 1.17 bits per heavy atom. The number of aryl methyl sites for hydroxylation is 1. The molecule has 0 spiro atoms. The number of amides is 1. The largest absolute Gasteiger partial charge is 0.480 e. The van der Waals surface area contributed by atoms with E-state index in [2.05, 4.69) is 5.32 Å². The summed E-state index contributed by atoms with van der Waals surface area (Å²) in [6.07, 6.45) is 16.7. The van der Waals surface area contributed by atoms with Gasteiger partial charge in [-0.2, -0.15) is 16.1 Å². The Hall–Kier alpha value is -2.36.